The van der Waals surface area contributed by atoms with Crippen LogP contribution in [0, 0.1) is 0 Å². The largest absolute Gasteiger partial charge is 0.309 e. The number of hydrogen-bond donors (Lipinski definition) is 0. The standard InChI is InChI=1S/C57H32N4S3/c1-2-14-33(15-3-1)34-30-35(32-36(31-34)61-44-22-8-4-17-39(44)53-45(61)29-28-38-37-16-5-9-23-46(37)64-54(38)53)55-58-56(42-20-12-26-49-51(42)40-18-6-10-24-47(40)62-49)60-57(59-55)43-21-13-27-50-52(43)41-19-7-11-25-48(41)63-50/h1-32H. The molecule has 14 rings (SSSR count). The Kier molecular flexibility index (Phi) is 7.86. The van der Waals surface area contributed by atoms with E-state index in [1.165, 1.54) is 76.8 Å². The fraction of sp³-hybridized carbons (Fsp3) is 0. The van der Waals surface area contributed by atoms with Crippen LogP contribution in [0.1, 0.15) is 0 Å². The highest BCUT2D eigenvalue weighted by atomic mass is 32.1. The van der Waals surface area contributed by atoms with Crippen LogP contribution in [0.4, 0.5) is 0 Å². The molecule has 0 aliphatic heterocycles. The average Bonchev–Trinajstić information content (AvgIpc) is 4.13. The molecule has 0 saturated carbocycles. The molecule has 0 radical (unpaired) electrons. The molecular weight excluding hydrogens is 837 g/mol. The lowest BCUT2D eigenvalue weighted by Crippen LogP contribution is -2.02. The summed E-state index contributed by atoms with van der Waals surface area (Å²) in [7, 11) is 0. The molecule has 5 heterocycles. The second kappa shape index (κ2) is 14.0. The van der Waals surface area contributed by atoms with Crippen molar-refractivity contribution in [1.82, 2.24) is 19.5 Å². The van der Waals surface area contributed by atoms with E-state index in [0.29, 0.717) is 17.5 Å². The Bertz CT molecular complexity index is 4080. The van der Waals surface area contributed by atoms with Crippen LogP contribution in [0.5, 0.6) is 0 Å². The Labute approximate surface area is 378 Å². The Morgan fingerprint density at radius 1 is 0.312 bits per heavy atom. The number of nitrogens with zero attached hydrogens (tertiary/aromatic N) is 4. The highest BCUT2D eigenvalue weighted by molar-refractivity contribution is 7.27. The van der Waals surface area contributed by atoms with Gasteiger partial charge in [-0.2, -0.15) is 0 Å². The molecule has 0 fully saturated rings. The normalized spacial score (nSPS) is 12.1. The van der Waals surface area contributed by atoms with Crippen molar-refractivity contribution >= 4 is 116 Å². The van der Waals surface area contributed by atoms with Crippen LogP contribution in [0.25, 0.3) is 133 Å². The Morgan fingerprint density at radius 3 is 1.52 bits per heavy atom. The smallest absolute Gasteiger partial charge is 0.164 e. The summed E-state index contributed by atoms with van der Waals surface area (Å²) in [6.45, 7) is 0. The van der Waals surface area contributed by atoms with Gasteiger partial charge in [-0.25, -0.2) is 15.0 Å². The van der Waals surface area contributed by atoms with Crippen LogP contribution in [-0.4, -0.2) is 19.5 Å². The molecule has 0 unspecified atom stereocenters. The van der Waals surface area contributed by atoms with Crippen molar-refractivity contribution in [2.75, 3.05) is 0 Å². The summed E-state index contributed by atoms with van der Waals surface area (Å²) in [5.74, 6) is 1.93. The first-order chi connectivity index (χ1) is 31.7. The van der Waals surface area contributed by atoms with Crippen molar-refractivity contribution in [3.8, 4) is 51.0 Å². The molecule has 64 heavy (non-hydrogen) atoms. The molecule has 0 aliphatic rings. The molecule has 0 amide bonds. The number of fused-ring (bicyclic) bond motifs is 13. The van der Waals surface area contributed by atoms with Crippen molar-refractivity contribution in [1.29, 1.82) is 0 Å². The van der Waals surface area contributed by atoms with Crippen LogP contribution >= 0.6 is 34.0 Å². The fourth-order valence-corrected chi connectivity index (χ4v) is 13.4. The predicted molar refractivity (Wildman–Crippen MR) is 275 cm³/mol. The van der Waals surface area contributed by atoms with Gasteiger partial charge in [-0.1, -0.05) is 133 Å². The molecule has 0 N–H and O–H groups in total. The fourth-order valence-electron chi connectivity index (χ4n) is 9.85. The number of rotatable bonds is 5. The summed E-state index contributed by atoms with van der Waals surface area (Å²) in [6, 6.07) is 70.0. The van der Waals surface area contributed by atoms with Gasteiger partial charge in [0, 0.05) is 93.7 Å². The van der Waals surface area contributed by atoms with Gasteiger partial charge in [0.05, 0.1) is 11.0 Å². The third-order valence-electron chi connectivity index (χ3n) is 12.6. The quantitative estimate of drug-likeness (QED) is 0.173. The predicted octanol–water partition coefficient (Wildman–Crippen LogP) is 16.7. The molecule has 14 aromatic rings. The molecule has 0 atom stereocenters. The molecule has 298 valence electrons. The maximum absolute atomic E-state index is 5.49. The van der Waals surface area contributed by atoms with E-state index in [-0.39, 0.29) is 0 Å². The molecule has 9 aromatic carbocycles. The van der Waals surface area contributed by atoms with Gasteiger partial charge in [0.15, 0.2) is 17.5 Å². The maximum atomic E-state index is 5.49. The monoisotopic (exact) mass is 868 g/mol. The van der Waals surface area contributed by atoms with Crippen LogP contribution in [0.2, 0.25) is 0 Å². The third kappa shape index (κ3) is 5.42. The van der Waals surface area contributed by atoms with Crippen LogP contribution in [0.3, 0.4) is 0 Å². The van der Waals surface area contributed by atoms with Crippen LogP contribution in [-0.2, 0) is 0 Å². The molecule has 4 nitrogen and oxygen atoms in total. The first-order valence-electron chi connectivity index (χ1n) is 21.3. The van der Waals surface area contributed by atoms with E-state index in [1.54, 1.807) is 0 Å². The zero-order valence-corrected chi connectivity index (χ0v) is 36.4. The van der Waals surface area contributed by atoms with E-state index in [9.17, 15) is 0 Å². The Morgan fingerprint density at radius 2 is 0.844 bits per heavy atom. The lowest BCUT2D eigenvalue weighted by molar-refractivity contribution is 1.08. The van der Waals surface area contributed by atoms with Crippen molar-refractivity contribution in [3.05, 3.63) is 194 Å². The van der Waals surface area contributed by atoms with E-state index < -0.39 is 0 Å². The number of thiophene rings is 3. The number of aromatic nitrogens is 4. The minimum atomic E-state index is 0.625. The highest BCUT2D eigenvalue weighted by Crippen LogP contribution is 2.46. The Hall–Kier alpha value is -7.55. The Balaban J connectivity index is 1.07. The molecular formula is C57H32N4S3. The summed E-state index contributed by atoms with van der Waals surface area (Å²) in [4.78, 5) is 16.4. The second-order valence-electron chi connectivity index (χ2n) is 16.3. The minimum Gasteiger partial charge on any atom is -0.309 e. The zero-order valence-electron chi connectivity index (χ0n) is 34.0. The lowest BCUT2D eigenvalue weighted by atomic mass is 10.0. The van der Waals surface area contributed by atoms with Crippen molar-refractivity contribution in [2.45, 2.75) is 0 Å². The van der Waals surface area contributed by atoms with E-state index in [1.807, 2.05) is 34.0 Å². The SMILES string of the molecule is c1ccc(-c2cc(-c3nc(-c4cccc5sc6ccccc6c45)nc(-c4cccc5sc6ccccc6c45)n3)cc(-n3c4ccccc4c4c5sc6ccccc6c5ccc43)c2)cc1. The first-order valence-corrected chi connectivity index (χ1v) is 23.8. The molecule has 0 saturated heterocycles. The molecule has 5 aromatic heterocycles. The summed E-state index contributed by atoms with van der Waals surface area (Å²) >= 11 is 5.49. The van der Waals surface area contributed by atoms with E-state index >= 15 is 0 Å². The van der Waals surface area contributed by atoms with E-state index in [4.69, 9.17) is 15.0 Å². The van der Waals surface area contributed by atoms with Crippen molar-refractivity contribution in [3.63, 3.8) is 0 Å². The highest BCUT2D eigenvalue weighted by Gasteiger charge is 2.22. The van der Waals surface area contributed by atoms with Gasteiger partial charge in [0.1, 0.15) is 0 Å². The molecule has 0 spiro atoms. The number of para-hydroxylation sites is 1. The van der Waals surface area contributed by atoms with Gasteiger partial charge in [-0.3, -0.25) is 0 Å². The van der Waals surface area contributed by atoms with Crippen molar-refractivity contribution in [2.24, 2.45) is 0 Å². The van der Waals surface area contributed by atoms with Crippen LogP contribution in [0.15, 0.2) is 194 Å². The topological polar surface area (TPSA) is 43.6 Å². The van der Waals surface area contributed by atoms with Gasteiger partial charge >= 0.3 is 0 Å². The van der Waals surface area contributed by atoms with Crippen LogP contribution < -0.4 is 0 Å². The van der Waals surface area contributed by atoms with Gasteiger partial charge < -0.3 is 4.57 Å². The van der Waals surface area contributed by atoms with Gasteiger partial charge in [0.25, 0.3) is 0 Å². The maximum Gasteiger partial charge on any atom is 0.164 e. The summed E-state index contributed by atoms with van der Waals surface area (Å²) in [6.07, 6.45) is 0. The van der Waals surface area contributed by atoms with Crippen molar-refractivity contribution < 1.29 is 0 Å². The summed E-state index contributed by atoms with van der Waals surface area (Å²) in [5.41, 5.74) is 8.48. The first kappa shape index (κ1) is 36.0. The summed E-state index contributed by atoms with van der Waals surface area (Å²) in [5, 5.41) is 9.86. The number of benzene rings is 9. The summed E-state index contributed by atoms with van der Waals surface area (Å²) < 4.78 is 9.95. The minimum absolute atomic E-state index is 0.625. The number of hydrogen-bond acceptors (Lipinski definition) is 6. The van der Waals surface area contributed by atoms with Gasteiger partial charge in [-0.15, -0.1) is 34.0 Å². The van der Waals surface area contributed by atoms with E-state index in [0.717, 1.165) is 39.0 Å². The molecule has 0 aliphatic carbocycles. The lowest BCUT2D eigenvalue weighted by Gasteiger charge is -2.15. The van der Waals surface area contributed by atoms with Gasteiger partial charge in [0.2, 0.25) is 0 Å². The van der Waals surface area contributed by atoms with Gasteiger partial charge in [-0.05, 0) is 71.8 Å². The van der Waals surface area contributed by atoms with E-state index in [2.05, 4.69) is 199 Å². The second-order valence-corrected chi connectivity index (χ2v) is 19.5. The molecule has 7 heteroatoms. The zero-order chi connectivity index (χ0) is 41.9. The average molecular weight is 869 g/mol. The third-order valence-corrected chi connectivity index (χ3v) is 16.1. The molecule has 0 bridgehead atoms.